The highest BCUT2D eigenvalue weighted by molar-refractivity contribution is 5.81. The van der Waals surface area contributed by atoms with Crippen LogP contribution in [-0.4, -0.2) is 48.6 Å². The summed E-state index contributed by atoms with van der Waals surface area (Å²) in [5.41, 5.74) is 1.70. The fourth-order valence-corrected chi connectivity index (χ4v) is 3.74. The first-order valence-electron chi connectivity index (χ1n) is 11.6. The molecule has 2 unspecified atom stereocenters. The molecular weight excluding hydrogens is 440 g/mol. The van der Waals surface area contributed by atoms with Crippen molar-refractivity contribution in [3.05, 3.63) is 46.5 Å². The van der Waals surface area contributed by atoms with Gasteiger partial charge in [-0.1, -0.05) is 0 Å². The van der Waals surface area contributed by atoms with Crippen LogP contribution in [0.3, 0.4) is 0 Å². The van der Waals surface area contributed by atoms with E-state index in [-0.39, 0.29) is 35.2 Å². The highest BCUT2D eigenvalue weighted by Crippen LogP contribution is 2.32. The lowest BCUT2D eigenvalue weighted by Gasteiger charge is -2.24. The zero-order valence-corrected chi connectivity index (χ0v) is 19.6. The van der Waals surface area contributed by atoms with E-state index in [9.17, 15) is 19.8 Å². The molecule has 2 heterocycles. The van der Waals surface area contributed by atoms with E-state index in [1.54, 1.807) is 38.1 Å². The van der Waals surface area contributed by atoms with Gasteiger partial charge < -0.3 is 29.2 Å². The van der Waals surface area contributed by atoms with Crippen molar-refractivity contribution >= 4 is 12.6 Å². The molecule has 0 aliphatic carbocycles. The van der Waals surface area contributed by atoms with Gasteiger partial charge in [-0.15, -0.1) is 0 Å². The van der Waals surface area contributed by atoms with Crippen molar-refractivity contribution in [3.8, 4) is 23.0 Å². The molecule has 0 aromatic heterocycles. The predicted octanol–water partition coefficient (Wildman–Crippen LogP) is 4.84. The zero-order valence-electron chi connectivity index (χ0n) is 19.6. The van der Waals surface area contributed by atoms with Gasteiger partial charge in [-0.25, -0.2) is 0 Å². The van der Waals surface area contributed by atoms with E-state index < -0.39 is 0 Å². The summed E-state index contributed by atoms with van der Waals surface area (Å²) in [5.74, 6) is 1.10. The average molecular weight is 473 g/mol. The van der Waals surface area contributed by atoms with Crippen molar-refractivity contribution in [3.63, 3.8) is 0 Å². The molecule has 0 bridgehead atoms. The summed E-state index contributed by atoms with van der Waals surface area (Å²) in [5, 5.41) is 19.5. The lowest BCUT2D eigenvalue weighted by atomic mass is 10.1. The SMILES string of the molecule is Cc1c(OC2CCCCO2)ccc(C=O)c1O.Cc1c(OC2CCCCO2)ccc(C=O)c1O. The number of aromatic hydroxyl groups is 2. The second-order valence-electron chi connectivity index (χ2n) is 8.32. The molecule has 4 rings (SSSR count). The van der Waals surface area contributed by atoms with E-state index in [2.05, 4.69) is 0 Å². The number of hydrogen-bond donors (Lipinski definition) is 2. The highest BCUT2D eigenvalue weighted by atomic mass is 16.7. The molecule has 2 saturated heterocycles. The summed E-state index contributed by atoms with van der Waals surface area (Å²) in [6.45, 7) is 4.87. The largest absolute Gasteiger partial charge is 0.507 e. The Morgan fingerprint density at radius 2 is 1.15 bits per heavy atom. The molecular formula is C26H32O8. The minimum Gasteiger partial charge on any atom is -0.507 e. The van der Waals surface area contributed by atoms with Gasteiger partial charge >= 0.3 is 0 Å². The Bertz CT molecular complexity index is 896. The molecule has 8 heteroatoms. The van der Waals surface area contributed by atoms with Crippen molar-refractivity contribution in [2.45, 2.75) is 65.0 Å². The average Bonchev–Trinajstić information content (AvgIpc) is 2.87. The van der Waals surface area contributed by atoms with Crippen molar-refractivity contribution in [2.75, 3.05) is 13.2 Å². The fraction of sp³-hybridized carbons (Fsp3) is 0.462. The summed E-state index contributed by atoms with van der Waals surface area (Å²) in [6, 6.07) is 6.48. The Kier molecular flexibility index (Phi) is 9.30. The lowest BCUT2D eigenvalue weighted by molar-refractivity contribution is -0.106. The molecule has 0 radical (unpaired) electrons. The first-order valence-corrected chi connectivity index (χ1v) is 11.6. The molecule has 2 N–H and O–H groups in total. The van der Waals surface area contributed by atoms with E-state index in [4.69, 9.17) is 18.9 Å². The van der Waals surface area contributed by atoms with Gasteiger partial charge in [-0.3, -0.25) is 9.59 Å². The molecule has 2 aromatic carbocycles. The van der Waals surface area contributed by atoms with Crippen LogP contribution in [0.2, 0.25) is 0 Å². The third-order valence-corrected chi connectivity index (χ3v) is 5.87. The van der Waals surface area contributed by atoms with Crippen LogP contribution < -0.4 is 9.47 Å². The van der Waals surface area contributed by atoms with Crippen LogP contribution in [0.25, 0.3) is 0 Å². The first-order chi connectivity index (χ1) is 16.4. The van der Waals surface area contributed by atoms with Crippen molar-refractivity contribution in [1.82, 2.24) is 0 Å². The van der Waals surface area contributed by atoms with Gasteiger partial charge in [0.05, 0.1) is 24.3 Å². The molecule has 2 aromatic rings. The molecule has 2 aliphatic rings. The zero-order chi connectivity index (χ0) is 24.5. The van der Waals surface area contributed by atoms with E-state index in [0.29, 0.717) is 48.4 Å². The molecule has 2 aliphatic heterocycles. The maximum atomic E-state index is 10.7. The number of ether oxygens (including phenoxy) is 4. The van der Waals surface area contributed by atoms with Gasteiger partial charge in [-0.05, 0) is 63.8 Å². The molecule has 2 fully saturated rings. The van der Waals surface area contributed by atoms with Crippen molar-refractivity contribution < 1.29 is 38.7 Å². The molecule has 0 amide bonds. The topological polar surface area (TPSA) is 112 Å². The Hall–Kier alpha value is -3.10. The second kappa shape index (κ2) is 12.4. The molecule has 0 saturated carbocycles. The van der Waals surface area contributed by atoms with Gasteiger partial charge in [0.25, 0.3) is 0 Å². The number of carbonyl (C=O) groups excluding carboxylic acids is 2. The van der Waals surface area contributed by atoms with E-state index in [1.807, 2.05) is 0 Å². The minimum absolute atomic E-state index is 0.0201. The number of carbonyl (C=O) groups is 2. The van der Waals surface area contributed by atoms with Gasteiger partial charge in [0.15, 0.2) is 25.2 Å². The van der Waals surface area contributed by atoms with Gasteiger partial charge in [0.2, 0.25) is 0 Å². The number of benzene rings is 2. The van der Waals surface area contributed by atoms with Gasteiger partial charge in [0, 0.05) is 24.0 Å². The van der Waals surface area contributed by atoms with E-state index in [1.165, 1.54) is 0 Å². The normalized spacial score (nSPS) is 19.9. The molecule has 2 atom stereocenters. The van der Waals surface area contributed by atoms with Crippen molar-refractivity contribution in [2.24, 2.45) is 0 Å². The summed E-state index contributed by atoms with van der Waals surface area (Å²) < 4.78 is 22.3. The number of hydrogen-bond acceptors (Lipinski definition) is 8. The monoisotopic (exact) mass is 472 g/mol. The number of aldehydes is 2. The van der Waals surface area contributed by atoms with Crippen LogP contribution in [0.4, 0.5) is 0 Å². The summed E-state index contributed by atoms with van der Waals surface area (Å²) in [7, 11) is 0. The standard InChI is InChI=1S/2C13H16O4/c2*1-9-11(6-5-10(8-14)13(9)15)17-12-4-2-3-7-16-12/h2*5-6,8,12,15H,2-4,7H2,1H3. The van der Waals surface area contributed by atoms with Crippen LogP contribution in [-0.2, 0) is 9.47 Å². The molecule has 0 spiro atoms. The third-order valence-electron chi connectivity index (χ3n) is 5.87. The summed E-state index contributed by atoms with van der Waals surface area (Å²) in [4.78, 5) is 21.3. The van der Waals surface area contributed by atoms with Crippen LogP contribution in [0, 0.1) is 13.8 Å². The van der Waals surface area contributed by atoms with E-state index >= 15 is 0 Å². The quantitative estimate of drug-likeness (QED) is 0.575. The van der Waals surface area contributed by atoms with Crippen LogP contribution in [0.5, 0.6) is 23.0 Å². The molecule has 8 nitrogen and oxygen atoms in total. The minimum atomic E-state index is -0.246. The van der Waals surface area contributed by atoms with Gasteiger partial charge in [0.1, 0.15) is 23.0 Å². The number of rotatable bonds is 6. The van der Waals surface area contributed by atoms with Gasteiger partial charge in [-0.2, -0.15) is 0 Å². The second-order valence-corrected chi connectivity index (χ2v) is 8.32. The van der Waals surface area contributed by atoms with E-state index in [0.717, 1.165) is 38.5 Å². The maximum absolute atomic E-state index is 10.7. The maximum Gasteiger partial charge on any atom is 0.199 e. The van der Waals surface area contributed by atoms with Crippen LogP contribution in [0.15, 0.2) is 24.3 Å². The molecule has 184 valence electrons. The number of phenolic OH excluding ortho intramolecular Hbond substituents is 2. The summed E-state index contributed by atoms with van der Waals surface area (Å²) >= 11 is 0. The first kappa shape index (κ1) is 25.5. The Morgan fingerprint density at radius 3 is 1.47 bits per heavy atom. The lowest BCUT2D eigenvalue weighted by Crippen LogP contribution is -2.25. The predicted molar refractivity (Wildman–Crippen MR) is 125 cm³/mol. The summed E-state index contributed by atoms with van der Waals surface area (Å²) in [6.07, 6.45) is 6.78. The Morgan fingerprint density at radius 1 is 0.735 bits per heavy atom. The Balaban J connectivity index is 0.000000191. The highest BCUT2D eigenvalue weighted by Gasteiger charge is 2.19. The smallest absolute Gasteiger partial charge is 0.199 e. The Labute approximate surface area is 199 Å². The fourth-order valence-electron chi connectivity index (χ4n) is 3.74. The third kappa shape index (κ3) is 6.48. The number of phenols is 2. The molecule has 34 heavy (non-hydrogen) atoms. The van der Waals surface area contributed by atoms with Crippen LogP contribution in [0.1, 0.15) is 70.4 Å². The van der Waals surface area contributed by atoms with Crippen LogP contribution >= 0.6 is 0 Å². The van der Waals surface area contributed by atoms with Crippen molar-refractivity contribution in [1.29, 1.82) is 0 Å².